The highest BCUT2D eigenvalue weighted by Crippen LogP contribution is 2.39. The number of hydrogen-bond acceptors (Lipinski definition) is 5. The molecule has 6 nitrogen and oxygen atoms in total. The summed E-state index contributed by atoms with van der Waals surface area (Å²) in [6.07, 6.45) is 7.02. The van der Waals surface area contributed by atoms with Crippen LogP contribution in [-0.4, -0.2) is 60.4 Å². The molecule has 0 aliphatic carbocycles. The van der Waals surface area contributed by atoms with Gasteiger partial charge in [-0.15, -0.1) is 0 Å². The first-order valence-electron chi connectivity index (χ1n) is 12.3. The molecule has 0 fully saturated rings. The zero-order valence-electron chi connectivity index (χ0n) is 20.9. The Bertz CT molecular complexity index is 1060. The van der Waals surface area contributed by atoms with Gasteiger partial charge in [0.1, 0.15) is 5.75 Å². The molecule has 186 valence electrons. The zero-order valence-corrected chi connectivity index (χ0v) is 20.9. The summed E-state index contributed by atoms with van der Waals surface area (Å²) < 4.78 is 5.92. The first-order chi connectivity index (χ1) is 16.9. The number of nitrogens with zero attached hydrogens (tertiary/aromatic N) is 2. The maximum absolute atomic E-state index is 13.3. The first kappa shape index (κ1) is 26.2. The molecule has 0 aromatic heterocycles. The highest BCUT2D eigenvalue weighted by molar-refractivity contribution is 6.14. The van der Waals surface area contributed by atoms with Crippen LogP contribution >= 0.6 is 0 Å². The Balaban J connectivity index is 1.90. The number of hydrogen-bond donors (Lipinski definition) is 1. The van der Waals surface area contributed by atoms with Crippen LogP contribution in [0.3, 0.4) is 0 Å². The molecule has 35 heavy (non-hydrogen) atoms. The van der Waals surface area contributed by atoms with E-state index in [1.54, 1.807) is 11.0 Å². The largest absolute Gasteiger partial charge is 0.503 e. The number of ether oxygens (including phenoxy) is 1. The van der Waals surface area contributed by atoms with Gasteiger partial charge in [0.25, 0.3) is 5.91 Å². The molecule has 0 spiro atoms. The SMILES string of the molecule is CCCCCOc1cccc(C2C(C(=O)C=Cc3ccccc3)=C(O)C(=O)N2CCCN(C)C)c1. The third kappa shape index (κ3) is 7.06. The minimum Gasteiger partial charge on any atom is -0.503 e. The summed E-state index contributed by atoms with van der Waals surface area (Å²) in [6, 6.07) is 16.3. The number of unbranched alkanes of at least 4 members (excludes halogenated alkanes) is 2. The van der Waals surface area contributed by atoms with Crippen molar-refractivity contribution < 1.29 is 19.4 Å². The number of allylic oxidation sites excluding steroid dienone is 1. The van der Waals surface area contributed by atoms with Gasteiger partial charge in [0.2, 0.25) is 0 Å². The molecule has 1 N–H and O–H groups in total. The minimum absolute atomic E-state index is 0.107. The van der Waals surface area contributed by atoms with Crippen molar-refractivity contribution in [2.24, 2.45) is 0 Å². The van der Waals surface area contributed by atoms with E-state index >= 15 is 0 Å². The zero-order chi connectivity index (χ0) is 25.2. The van der Waals surface area contributed by atoms with Gasteiger partial charge in [-0.3, -0.25) is 9.59 Å². The summed E-state index contributed by atoms with van der Waals surface area (Å²) in [6.45, 7) is 3.97. The molecule has 1 aliphatic heterocycles. The molecule has 0 bridgehead atoms. The van der Waals surface area contributed by atoms with Crippen LogP contribution in [0.2, 0.25) is 0 Å². The van der Waals surface area contributed by atoms with Gasteiger partial charge in [0, 0.05) is 6.54 Å². The van der Waals surface area contributed by atoms with Crippen molar-refractivity contribution in [1.29, 1.82) is 0 Å². The lowest BCUT2D eigenvalue weighted by Crippen LogP contribution is -2.33. The quantitative estimate of drug-likeness (QED) is 0.318. The second-order valence-electron chi connectivity index (χ2n) is 9.06. The van der Waals surface area contributed by atoms with Gasteiger partial charge in [0.05, 0.1) is 18.2 Å². The van der Waals surface area contributed by atoms with E-state index in [2.05, 4.69) is 6.92 Å². The Morgan fingerprint density at radius 2 is 1.86 bits per heavy atom. The Hall–Kier alpha value is -3.38. The lowest BCUT2D eigenvalue weighted by Gasteiger charge is -2.27. The third-order valence-electron chi connectivity index (χ3n) is 5.99. The smallest absolute Gasteiger partial charge is 0.290 e. The maximum atomic E-state index is 13.3. The van der Waals surface area contributed by atoms with E-state index in [1.807, 2.05) is 73.6 Å². The molecule has 0 saturated heterocycles. The van der Waals surface area contributed by atoms with Crippen molar-refractivity contribution >= 4 is 17.8 Å². The highest BCUT2D eigenvalue weighted by atomic mass is 16.5. The second kappa shape index (κ2) is 12.9. The van der Waals surface area contributed by atoms with Crippen LogP contribution in [0.1, 0.15) is 49.8 Å². The molecule has 1 aliphatic rings. The summed E-state index contributed by atoms with van der Waals surface area (Å²) in [5.41, 5.74) is 1.72. The van der Waals surface area contributed by atoms with E-state index in [1.165, 1.54) is 6.08 Å². The summed E-state index contributed by atoms with van der Waals surface area (Å²) in [5, 5.41) is 10.8. The van der Waals surface area contributed by atoms with Crippen LogP contribution < -0.4 is 4.74 Å². The fourth-order valence-electron chi connectivity index (χ4n) is 4.18. The van der Waals surface area contributed by atoms with Crippen LogP contribution in [0.4, 0.5) is 0 Å². The molecule has 0 radical (unpaired) electrons. The van der Waals surface area contributed by atoms with E-state index in [0.717, 1.165) is 43.4 Å². The summed E-state index contributed by atoms with van der Waals surface area (Å²) >= 11 is 0. The van der Waals surface area contributed by atoms with Crippen molar-refractivity contribution in [3.8, 4) is 5.75 Å². The Labute approximate surface area is 208 Å². The lowest BCUT2D eigenvalue weighted by molar-refractivity contribution is -0.129. The number of carbonyl (C=O) groups is 2. The molecule has 1 heterocycles. The maximum Gasteiger partial charge on any atom is 0.290 e. The van der Waals surface area contributed by atoms with E-state index in [4.69, 9.17) is 4.74 Å². The van der Waals surface area contributed by atoms with Crippen LogP contribution in [0, 0.1) is 0 Å². The third-order valence-corrected chi connectivity index (χ3v) is 5.99. The van der Waals surface area contributed by atoms with Crippen molar-refractivity contribution in [2.45, 2.75) is 38.6 Å². The highest BCUT2D eigenvalue weighted by Gasteiger charge is 2.42. The number of carbonyl (C=O) groups excluding carboxylic acids is 2. The van der Waals surface area contributed by atoms with Gasteiger partial charge in [-0.25, -0.2) is 0 Å². The average molecular weight is 477 g/mol. The Kier molecular flexibility index (Phi) is 9.67. The predicted octanol–water partition coefficient (Wildman–Crippen LogP) is 5.19. The monoisotopic (exact) mass is 476 g/mol. The summed E-state index contributed by atoms with van der Waals surface area (Å²) in [4.78, 5) is 30.0. The molecule has 1 amide bonds. The summed E-state index contributed by atoms with van der Waals surface area (Å²) in [5.74, 6) is -0.678. The van der Waals surface area contributed by atoms with E-state index in [0.29, 0.717) is 18.9 Å². The van der Waals surface area contributed by atoms with Crippen LogP contribution in [0.5, 0.6) is 5.75 Å². The van der Waals surface area contributed by atoms with Crippen molar-refractivity contribution in [3.05, 3.63) is 83.1 Å². The molecule has 2 aromatic rings. The average Bonchev–Trinajstić information content (AvgIpc) is 3.11. The Morgan fingerprint density at radius 1 is 1.09 bits per heavy atom. The molecular weight excluding hydrogens is 440 g/mol. The molecule has 0 saturated carbocycles. The lowest BCUT2D eigenvalue weighted by atomic mass is 9.95. The second-order valence-corrected chi connectivity index (χ2v) is 9.06. The van der Waals surface area contributed by atoms with Gasteiger partial charge in [-0.05, 0) is 62.8 Å². The normalized spacial score (nSPS) is 16.1. The van der Waals surface area contributed by atoms with Crippen molar-refractivity contribution in [2.75, 3.05) is 33.8 Å². The van der Waals surface area contributed by atoms with E-state index in [9.17, 15) is 14.7 Å². The van der Waals surface area contributed by atoms with E-state index in [-0.39, 0.29) is 11.4 Å². The van der Waals surface area contributed by atoms with E-state index < -0.39 is 17.7 Å². The molecule has 1 atom stereocenters. The summed E-state index contributed by atoms with van der Waals surface area (Å²) in [7, 11) is 3.95. The fraction of sp³-hybridized carbons (Fsp3) is 0.379. The molecule has 6 heteroatoms. The van der Waals surface area contributed by atoms with Crippen molar-refractivity contribution in [3.63, 3.8) is 0 Å². The molecular formula is C29H36N2O4. The number of rotatable bonds is 13. The van der Waals surface area contributed by atoms with Gasteiger partial charge < -0.3 is 19.6 Å². The number of aliphatic hydroxyl groups excluding tert-OH is 1. The predicted molar refractivity (Wildman–Crippen MR) is 139 cm³/mol. The first-order valence-corrected chi connectivity index (χ1v) is 12.3. The van der Waals surface area contributed by atoms with Crippen LogP contribution in [-0.2, 0) is 9.59 Å². The molecule has 1 unspecified atom stereocenters. The van der Waals surface area contributed by atoms with Gasteiger partial charge >= 0.3 is 0 Å². The number of amides is 1. The van der Waals surface area contributed by atoms with Gasteiger partial charge in [-0.2, -0.15) is 0 Å². The molecule has 3 rings (SSSR count). The molecule has 2 aromatic carbocycles. The Morgan fingerprint density at radius 3 is 2.57 bits per heavy atom. The fourth-order valence-corrected chi connectivity index (χ4v) is 4.18. The van der Waals surface area contributed by atoms with Crippen molar-refractivity contribution in [1.82, 2.24) is 9.80 Å². The standard InChI is InChI=1S/C29H36N2O4/c1-4-5-9-20-35-24-15-10-14-23(21-24)27-26(25(32)17-16-22-12-7-6-8-13-22)28(33)29(34)31(27)19-11-18-30(2)3/h6-8,10,12-17,21,27,33H,4-5,9,11,18-20H2,1-3H3. The number of ketones is 1. The van der Waals surface area contributed by atoms with Crippen LogP contribution in [0.15, 0.2) is 72.0 Å². The van der Waals surface area contributed by atoms with Crippen LogP contribution in [0.25, 0.3) is 6.08 Å². The topological polar surface area (TPSA) is 70.1 Å². The number of aliphatic hydroxyl groups is 1. The van der Waals surface area contributed by atoms with Gasteiger partial charge in [0.15, 0.2) is 11.5 Å². The number of benzene rings is 2. The van der Waals surface area contributed by atoms with Gasteiger partial charge in [-0.1, -0.05) is 68.3 Å². The minimum atomic E-state index is -0.670.